The number of anilines is 2. The van der Waals surface area contributed by atoms with Crippen LogP contribution in [0.2, 0.25) is 10.0 Å². The summed E-state index contributed by atoms with van der Waals surface area (Å²) >= 11 is 15.3. The lowest BCUT2D eigenvalue weighted by molar-refractivity contribution is 0.102. The van der Waals surface area contributed by atoms with Gasteiger partial charge in [0.25, 0.3) is 5.91 Å². The predicted octanol–water partition coefficient (Wildman–Crippen LogP) is 3.99. The molecule has 1 aromatic carbocycles. The maximum atomic E-state index is 12.1. The number of nitrogen functional groups attached to an aromatic ring is 1. The third-order valence-electron chi connectivity index (χ3n) is 2.33. The van der Waals surface area contributed by atoms with E-state index in [-0.39, 0.29) is 11.4 Å². The van der Waals surface area contributed by atoms with Crippen LogP contribution < -0.4 is 11.1 Å². The lowest BCUT2D eigenvalue weighted by Crippen LogP contribution is -2.15. The Morgan fingerprint density at radius 2 is 1.95 bits per heavy atom. The topological polar surface area (TPSA) is 68.0 Å². The highest BCUT2D eigenvalue weighted by molar-refractivity contribution is 9.10. The van der Waals surface area contributed by atoms with E-state index in [0.29, 0.717) is 15.7 Å². The van der Waals surface area contributed by atoms with E-state index in [2.05, 4.69) is 26.2 Å². The van der Waals surface area contributed by atoms with Crippen molar-refractivity contribution in [3.05, 3.63) is 50.5 Å². The Bertz CT molecular complexity index is 626. The number of amides is 1. The molecule has 1 aromatic heterocycles. The normalized spacial score (nSPS) is 10.3. The van der Waals surface area contributed by atoms with Crippen LogP contribution in [0.3, 0.4) is 0 Å². The number of carbonyl (C=O) groups excluding carboxylic acids is 1. The number of nitrogens with one attached hydrogen (secondary N) is 1. The fourth-order valence-electron chi connectivity index (χ4n) is 1.45. The number of nitrogens with two attached hydrogens (primary N) is 1. The molecule has 0 spiro atoms. The van der Waals surface area contributed by atoms with Crippen LogP contribution in [0, 0.1) is 0 Å². The van der Waals surface area contributed by atoms with Crippen LogP contribution in [0.25, 0.3) is 0 Å². The number of benzene rings is 1. The van der Waals surface area contributed by atoms with Crippen molar-refractivity contribution in [2.75, 3.05) is 11.1 Å². The molecule has 4 nitrogen and oxygen atoms in total. The summed E-state index contributed by atoms with van der Waals surface area (Å²) in [5.41, 5.74) is 6.22. The Hall–Kier alpha value is -1.30. The van der Waals surface area contributed by atoms with Gasteiger partial charge in [-0.3, -0.25) is 4.79 Å². The lowest BCUT2D eigenvalue weighted by Gasteiger charge is -2.10. The van der Waals surface area contributed by atoms with Crippen LogP contribution in [0.15, 0.2) is 34.9 Å². The Morgan fingerprint density at radius 1 is 1.32 bits per heavy atom. The van der Waals surface area contributed by atoms with Crippen molar-refractivity contribution in [3.63, 3.8) is 0 Å². The summed E-state index contributed by atoms with van der Waals surface area (Å²) in [6, 6.07) is 6.46. The Kier molecular flexibility index (Phi) is 4.29. The van der Waals surface area contributed by atoms with Gasteiger partial charge in [0.15, 0.2) is 0 Å². The van der Waals surface area contributed by atoms with Crippen molar-refractivity contribution in [2.24, 2.45) is 0 Å². The van der Waals surface area contributed by atoms with Gasteiger partial charge in [-0.1, -0.05) is 39.1 Å². The molecule has 0 unspecified atom stereocenters. The van der Waals surface area contributed by atoms with Gasteiger partial charge < -0.3 is 11.1 Å². The second-order valence-corrected chi connectivity index (χ2v) is 5.36. The van der Waals surface area contributed by atoms with Crippen molar-refractivity contribution in [2.45, 2.75) is 0 Å². The Balaban J connectivity index is 2.32. The second-order valence-electron chi connectivity index (χ2n) is 3.63. The van der Waals surface area contributed by atoms with Crippen molar-refractivity contribution in [3.8, 4) is 0 Å². The van der Waals surface area contributed by atoms with Crippen molar-refractivity contribution in [1.29, 1.82) is 0 Å². The number of carbonyl (C=O) groups is 1. The first-order chi connectivity index (χ1) is 8.99. The highest BCUT2D eigenvalue weighted by Crippen LogP contribution is 2.34. The number of halogens is 3. The van der Waals surface area contributed by atoms with E-state index in [0.717, 1.165) is 4.47 Å². The molecule has 0 aliphatic carbocycles. The molecular formula is C12H8BrCl2N3O. The van der Waals surface area contributed by atoms with Crippen molar-refractivity contribution in [1.82, 2.24) is 4.98 Å². The lowest BCUT2D eigenvalue weighted by atomic mass is 10.2. The van der Waals surface area contributed by atoms with E-state index >= 15 is 0 Å². The van der Waals surface area contributed by atoms with Gasteiger partial charge >= 0.3 is 0 Å². The molecule has 0 radical (unpaired) electrons. The molecule has 0 aliphatic heterocycles. The van der Waals surface area contributed by atoms with Crippen LogP contribution in [-0.2, 0) is 0 Å². The minimum atomic E-state index is -0.420. The standard InChI is InChI=1S/C12H8BrCl2N3O/c13-6-4-8(14)10(9(15)5-6)18-12(19)7-2-1-3-17-11(7)16/h1-5H,(H2,16,17)(H,18,19). The third-order valence-corrected chi connectivity index (χ3v) is 3.38. The molecular weight excluding hydrogens is 353 g/mol. The average molecular weight is 361 g/mol. The van der Waals surface area contributed by atoms with E-state index in [1.54, 1.807) is 24.3 Å². The predicted molar refractivity (Wildman–Crippen MR) is 80.8 cm³/mol. The molecule has 1 heterocycles. The highest BCUT2D eigenvalue weighted by Gasteiger charge is 2.14. The zero-order chi connectivity index (χ0) is 14.0. The first kappa shape index (κ1) is 14.1. The molecule has 19 heavy (non-hydrogen) atoms. The number of hydrogen-bond acceptors (Lipinski definition) is 3. The molecule has 0 fully saturated rings. The molecule has 2 rings (SSSR count). The van der Waals surface area contributed by atoms with Gasteiger partial charge in [-0.2, -0.15) is 0 Å². The maximum absolute atomic E-state index is 12.1. The Morgan fingerprint density at radius 3 is 2.53 bits per heavy atom. The van der Waals surface area contributed by atoms with Crippen molar-refractivity contribution < 1.29 is 4.79 Å². The van der Waals surface area contributed by atoms with Crippen LogP contribution in [0.1, 0.15) is 10.4 Å². The molecule has 0 atom stereocenters. The van der Waals surface area contributed by atoms with Crippen LogP contribution in [0.4, 0.5) is 11.5 Å². The molecule has 2 aromatic rings. The minimum absolute atomic E-state index is 0.143. The van der Waals surface area contributed by atoms with E-state index in [1.165, 1.54) is 6.20 Å². The summed E-state index contributed by atoms with van der Waals surface area (Å²) in [7, 11) is 0. The first-order valence-electron chi connectivity index (χ1n) is 5.15. The first-order valence-corrected chi connectivity index (χ1v) is 6.70. The van der Waals surface area contributed by atoms with Gasteiger partial charge in [0.2, 0.25) is 0 Å². The van der Waals surface area contributed by atoms with Crippen LogP contribution in [-0.4, -0.2) is 10.9 Å². The molecule has 3 N–H and O–H groups in total. The molecule has 98 valence electrons. The summed E-state index contributed by atoms with van der Waals surface area (Å²) in [5, 5.41) is 3.28. The fourth-order valence-corrected chi connectivity index (χ4v) is 2.75. The van der Waals surface area contributed by atoms with Gasteiger partial charge in [-0.05, 0) is 24.3 Å². The van der Waals surface area contributed by atoms with Crippen LogP contribution in [0.5, 0.6) is 0 Å². The number of aromatic nitrogens is 1. The van der Waals surface area contributed by atoms with Gasteiger partial charge in [-0.25, -0.2) is 4.98 Å². The molecule has 0 saturated carbocycles. The van der Waals surface area contributed by atoms with Gasteiger partial charge in [-0.15, -0.1) is 0 Å². The zero-order valence-electron chi connectivity index (χ0n) is 9.45. The smallest absolute Gasteiger partial charge is 0.259 e. The highest BCUT2D eigenvalue weighted by atomic mass is 79.9. The number of rotatable bonds is 2. The number of nitrogens with zero attached hydrogens (tertiary/aromatic N) is 1. The SMILES string of the molecule is Nc1ncccc1C(=O)Nc1c(Cl)cc(Br)cc1Cl. The van der Waals surface area contributed by atoms with E-state index in [4.69, 9.17) is 28.9 Å². The van der Waals surface area contributed by atoms with E-state index in [1.807, 2.05) is 0 Å². The third kappa shape index (κ3) is 3.18. The molecule has 0 saturated heterocycles. The molecule has 0 aliphatic rings. The minimum Gasteiger partial charge on any atom is -0.383 e. The number of pyridine rings is 1. The van der Waals surface area contributed by atoms with Gasteiger partial charge in [0.05, 0.1) is 21.3 Å². The second kappa shape index (κ2) is 5.77. The molecule has 1 amide bonds. The van der Waals surface area contributed by atoms with Gasteiger partial charge in [0.1, 0.15) is 5.82 Å². The molecule has 7 heteroatoms. The average Bonchev–Trinajstić information content (AvgIpc) is 2.34. The van der Waals surface area contributed by atoms with Crippen molar-refractivity contribution >= 4 is 56.5 Å². The Labute approximate surface area is 128 Å². The largest absolute Gasteiger partial charge is 0.383 e. The summed E-state index contributed by atoms with van der Waals surface area (Å²) < 4.78 is 0.724. The summed E-state index contributed by atoms with van der Waals surface area (Å²) in [6.07, 6.45) is 1.51. The van der Waals surface area contributed by atoms with Gasteiger partial charge in [0, 0.05) is 10.7 Å². The maximum Gasteiger partial charge on any atom is 0.259 e. The zero-order valence-corrected chi connectivity index (χ0v) is 12.6. The summed E-state index contributed by atoms with van der Waals surface area (Å²) in [4.78, 5) is 15.9. The molecule has 0 bridgehead atoms. The summed E-state index contributed by atoms with van der Waals surface area (Å²) in [6.45, 7) is 0. The van der Waals surface area contributed by atoms with Crippen LogP contribution >= 0.6 is 39.1 Å². The summed E-state index contributed by atoms with van der Waals surface area (Å²) in [5.74, 6) is -0.277. The van der Waals surface area contributed by atoms with E-state index < -0.39 is 5.91 Å². The monoisotopic (exact) mass is 359 g/mol. The fraction of sp³-hybridized carbons (Fsp3) is 0. The number of hydrogen-bond donors (Lipinski definition) is 2. The van der Waals surface area contributed by atoms with E-state index in [9.17, 15) is 4.79 Å². The quantitative estimate of drug-likeness (QED) is 0.850.